The van der Waals surface area contributed by atoms with Crippen LogP contribution in [0.5, 0.6) is 0 Å². The van der Waals surface area contributed by atoms with Crippen molar-refractivity contribution in [2.45, 2.75) is 36.9 Å². The molecule has 3 N–H and O–H groups in total. The molecule has 3 rings (SSSR count). The second-order valence-electron chi connectivity index (χ2n) is 6.79. The molecule has 1 aliphatic rings. The number of carbonyl (C=O) groups is 1. The number of H-pyrrole nitrogens is 1. The Morgan fingerprint density at radius 1 is 1.32 bits per heavy atom. The van der Waals surface area contributed by atoms with Crippen LogP contribution in [0.2, 0.25) is 0 Å². The summed E-state index contributed by atoms with van der Waals surface area (Å²) in [6.07, 6.45) is -4.17. The average Bonchev–Trinajstić information content (AvgIpc) is 2.84. The van der Waals surface area contributed by atoms with E-state index in [4.69, 9.17) is 14.6 Å². The number of halogens is 1. The van der Waals surface area contributed by atoms with Crippen molar-refractivity contribution < 1.29 is 28.9 Å². The number of nitrogens with one attached hydrogen (secondary N) is 1. The average molecular weight is 394 g/mol. The van der Waals surface area contributed by atoms with E-state index in [0.29, 0.717) is 5.56 Å². The van der Waals surface area contributed by atoms with Crippen LogP contribution in [-0.2, 0) is 15.9 Å². The maximum Gasteiger partial charge on any atom is 0.506 e. The summed E-state index contributed by atoms with van der Waals surface area (Å²) >= 11 is 0. The van der Waals surface area contributed by atoms with E-state index in [-0.39, 0.29) is 6.42 Å². The molecular formula is C18H19FN2O7. The molecule has 2 aromatic rings. The van der Waals surface area contributed by atoms with E-state index >= 15 is 4.39 Å². The Bertz CT molecular complexity index is 972. The number of aromatic nitrogens is 2. The van der Waals surface area contributed by atoms with Gasteiger partial charge in [-0.2, -0.15) is 0 Å². The van der Waals surface area contributed by atoms with E-state index in [2.05, 4.69) is 0 Å². The number of hydrogen-bond donors (Lipinski definition) is 3. The van der Waals surface area contributed by atoms with Gasteiger partial charge >= 0.3 is 11.8 Å². The van der Waals surface area contributed by atoms with Crippen LogP contribution in [0.15, 0.2) is 52.2 Å². The van der Waals surface area contributed by atoms with Gasteiger partial charge in [0.1, 0.15) is 5.60 Å². The van der Waals surface area contributed by atoms with E-state index in [1.807, 2.05) is 4.98 Å². The van der Waals surface area contributed by atoms with E-state index in [0.717, 1.165) is 23.8 Å². The van der Waals surface area contributed by atoms with Crippen molar-refractivity contribution in [3.05, 3.63) is 69.0 Å². The van der Waals surface area contributed by atoms with Gasteiger partial charge in [0.2, 0.25) is 0 Å². The van der Waals surface area contributed by atoms with E-state index < -0.39 is 47.6 Å². The standard InChI is InChI=1S/C18H19FN2O7/c1-17(19)13(27-16(25)26)18(10-22,9-11-5-3-2-4-6-11)28-14(17)21-8-7-12(23)20-15(21)24/h2-8,13-14,22H,9-10H2,1H3,(H,25,26)(H,20,23,24)/t13-,14+,17+,18+/m0/s1. The molecule has 1 fully saturated rings. The number of aliphatic hydroxyl groups is 1. The van der Waals surface area contributed by atoms with Gasteiger partial charge in [-0.3, -0.25) is 14.3 Å². The zero-order valence-electron chi connectivity index (χ0n) is 14.9. The highest BCUT2D eigenvalue weighted by Gasteiger charge is 2.65. The molecule has 0 unspecified atom stereocenters. The molecule has 1 aromatic carbocycles. The van der Waals surface area contributed by atoms with Gasteiger partial charge in [-0.25, -0.2) is 14.0 Å². The Morgan fingerprint density at radius 3 is 2.57 bits per heavy atom. The summed E-state index contributed by atoms with van der Waals surface area (Å²) in [6, 6.07) is 9.62. The summed E-state index contributed by atoms with van der Waals surface area (Å²) in [7, 11) is 0. The molecule has 150 valence electrons. The molecular weight excluding hydrogens is 375 g/mol. The number of aliphatic hydroxyl groups excluding tert-OH is 1. The summed E-state index contributed by atoms with van der Waals surface area (Å²) in [4.78, 5) is 36.7. The quantitative estimate of drug-likeness (QED) is 0.640. The molecule has 0 radical (unpaired) electrons. The predicted octanol–water partition coefficient (Wildman–Crippen LogP) is 0.831. The van der Waals surface area contributed by atoms with Crippen LogP contribution in [0.4, 0.5) is 9.18 Å². The molecule has 0 aliphatic carbocycles. The van der Waals surface area contributed by atoms with Crippen molar-refractivity contribution in [1.82, 2.24) is 9.55 Å². The Balaban J connectivity index is 2.10. The lowest BCUT2D eigenvalue weighted by atomic mass is 9.84. The van der Waals surface area contributed by atoms with Gasteiger partial charge < -0.3 is 19.7 Å². The van der Waals surface area contributed by atoms with Gasteiger partial charge in [0.05, 0.1) is 6.61 Å². The van der Waals surface area contributed by atoms with Crippen molar-refractivity contribution in [1.29, 1.82) is 0 Å². The van der Waals surface area contributed by atoms with Gasteiger partial charge in [-0.1, -0.05) is 30.3 Å². The topological polar surface area (TPSA) is 131 Å². The number of rotatable bonds is 5. The fourth-order valence-corrected chi connectivity index (χ4v) is 3.56. The Hall–Kier alpha value is -2.98. The molecule has 28 heavy (non-hydrogen) atoms. The zero-order valence-corrected chi connectivity index (χ0v) is 14.9. The first-order chi connectivity index (χ1) is 13.2. The number of nitrogens with zero attached hydrogens (tertiary/aromatic N) is 1. The molecule has 0 amide bonds. The summed E-state index contributed by atoms with van der Waals surface area (Å²) in [6.45, 7) is 0.249. The van der Waals surface area contributed by atoms with Crippen molar-refractivity contribution in [3.63, 3.8) is 0 Å². The number of benzene rings is 1. The van der Waals surface area contributed by atoms with Crippen molar-refractivity contribution in [2.75, 3.05) is 6.61 Å². The highest BCUT2D eigenvalue weighted by atomic mass is 19.1. The van der Waals surface area contributed by atoms with Crippen LogP contribution in [0, 0.1) is 0 Å². The zero-order chi connectivity index (χ0) is 20.5. The van der Waals surface area contributed by atoms with Gasteiger partial charge in [0.25, 0.3) is 5.56 Å². The minimum Gasteiger partial charge on any atom is -0.450 e. The van der Waals surface area contributed by atoms with E-state index in [1.54, 1.807) is 30.3 Å². The largest absolute Gasteiger partial charge is 0.506 e. The SMILES string of the molecule is C[C@@]1(F)[C@H](OC(=O)O)[C@](CO)(Cc2ccccc2)O[C@H]1n1ccc(=O)[nH]c1=O. The second-order valence-corrected chi connectivity index (χ2v) is 6.79. The number of alkyl halides is 1. The smallest absolute Gasteiger partial charge is 0.450 e. The third-order valence-electron chi connectivity index (χ3n) is 4.76. The first-order valence-corrected chi connectivity index (χ1v) is 8.42. The molecule has 1 aliphatic heterocycles. The van der Waals surface area contributed by atoms with E-state index in [1.165, 1.54) is 0 Å². The lowest BCUT2D eigenvalue weighted by molar-refractivity contribution is -0.132. The van der Waals surface area contributed by atoms with Gasteiger partial charge in [-0.05, 0) is 12.5 Å². The number of aromatic amines is 1. The van der Waals surface area contributed by atoms with Crippen LogP contribution in [0.3, 0.4) is 0 Å². The van der Waals surface area contributed by atoms with Crippen LogP contribution in [0.1, 0.15) is 18.7 Å². The van der Waals surface area contributed by atoms with Crippen molar-refractivity contribution in [2.24, 2.45) is 0 Å². The van der Waals surface area contributed by atoms with Gasteiger partial charge in [-0.15, -0.1) is 0 Å². The van der Waals surface area contributed by atoms with Crippen molar-refractivity contribution >= 4 is 6.16 Å². The Morgan fingerprint density at radius 2 is 2.00 bits per heavy atom. The molecule has 9 nitrogen and oxygen atoms in total. The minimum absolute atomic E-state index is 0.0730. The maximum absolute atomic E-state index is 15.8. The number of ether oxygens (including phenoxy) is 2. The monoisotopic (exact) mass is 394 g/mol. The lowest BCUT2D eigenvalue weighted by Gasteiger charge is -2.33. The molecule has 0 bridgehead atoms. The first kappa shape index (κ1) is 19.8. The van der Waals surface area contributed by atoms with E-state index in [9.17, 15) is 19.5 Å². The Labute approximate surface area is 158 Å². The summed E-state index contributed by atoms with van der Waals surface area (Å²) < 4.78 is 27.1. The minimum atomic E-state index is -2.53. The molecule has 0 spiro atoms. The molecule has 1 saturated heterocycles. The molecule has 0 saturated carbocycles. The maximum atomic E-state index is 15.8. The van der Waals surface area contributed by atoms with Crippen LogP contribution in [0.25, 0.3) is 0 Å². The number of carboxylic acid groups (broad SMARTS) is 1. The molecule has 4 atom stereocenters. The molecule has 1 aromatic heterocycles. The molecule has 10 heteroatoms. The van der Waals surface area contributed by atoms with Gasteiger partial charge in [0.15, 0.2) is 18.0 Å². The van der Waals surface area contributed by atoms with Crippen LogP contribution in [-0.4, -0.2) is 49.9 Å². The number of hydrogen-bond acceptors (Lipinski definition) is 6. The summed E-state index contributed by atoms with van der Waals surface area (Å²) in [5, 5.41) is 19.2. The third kappa shape index (κ3) is 3.43. The predicted molar refractivity (Wildman–Crippen MR) is 93.8 cm³/mol. The summed E-state index contributed by atoms with van der Waals surface area (Å²) in [5.41, 5.74) is -5.30. The molecule has 2 heterocycles. The Kier molecular flexibility index (Phi) is 5.09. The summed E-state index contributed by atoms with van der Waals surface area (Å²) in [5.74, 6) is 0. The van der Waals surface area contributed by atoms with Crippen LogP contribution >= 0.6 is 0 Å². The van der Waals surface area contributed by atoms with Gasteiger partial charge in [0, 0.05) is 18.7 Å². The third-order valence-corrected chi connectivity index (χ3v) is 4.76. The van der Waals surface area contributed by atoms with Crippen molar-refractivity contribution in [3.8, 4) is 0 Å². The van der Waals surface area contributed by atoms with Crippen LogP contribution < -0.4 is 11.2 Å². The second kappa shape index (κ2) is 7.21. The first-order valence-electron chi connectivity index (χ1n) is 8.42. The fraction of sp³-hybridized carbons (Fsp3) is 0.389. The lowest BCUT2D eigenvalue weighted by Crippen LogP contribution is -2.53. The normalized spacial score (nSPS) is 29.5. The fourth-order valence-electron chi connectivity index (χ4n) is 3.56. The highest BCUT2D eigenvalue weighted by Crippen LogP contribution is 2.49. The highest BCUT2D eigenvalue weighted by molar-refractivity contribution is 5.57.